The Kier molecular flexibility index (Phi) is 6.05. The van der Waals surface area contributed by atoms with Crippen LogP contribution in [-0.4, -0.2) is 31.9 Å². The van der Waals surface area contributed by atoms with Crippen LogP contribution >= 0.6 is 0 Å². The van der Waals surface area contributed by atoms with Crippen molar-refractivity contribution in [2.24, 2.45) is 0 Å². The summed E-state index contributed by atoms with van der Waals surface area (Å²) in [5.74, 6) is 0.141. The number of nitriles is 1. The van der Waals surface area contributed by atoms with E-state index in [4.69, 9.17) is 0 Å². The molecule has 144 valence electrons. The summed E-state index contributed by atoms with van der Waals surface area (Å²) in [6.07, 6.45) is 3.49. The lowest BCUT2D eigenvalue weighted by Gasteiger charge is -2.23. The molecule has 0 radical (unpaired) electrons. The largest absolute Gasteiger partial charge is 0.338 e. The summed E-state index contributed by atoms with van der Waals surface area (Å²) in [7, 11) is 0. The van der Waals surface area contributed by atoms with E-state index in [2.05, 4.69) is 23.1 Å². The fourth-order valence-corrected chi connectivity index (χ4v) is 3.51. The average Bonchev–Trinajstić information content (AvgIpc) is 3.11. The minimum atomic E-state index is 0.141. The lowest BCUT2D eigenvalue weighted by atomic mass is 10.1. The second-order valence-corrected chi connectivity index (χ2v) is 6.97. The Morgan fingerprint density at radius 2 is 2.00 bits per heavy atom. The Morgan fingerprint density at radius 3 is 2.68 bits per heavy atom. The molecule has 6 heteroatoms. The van der Waals surface area contributed by atoms with Gasteiger partial charge in [0, 0.05) is 30.9 Å². The molecule has 0 fully saturated rings. The van der Waals surface area contributed by atoms with E-state index in [0.717, 1.165) is 35.5 Å². The molecule has 0 atom stereocenters. The number of nitrogens with zero attached hydrogens (tertiary/aromatic N) is 5. The quantitative estimate of drug-likeness (QED) is 0.632. The zero-order valence-electron chi connectivity index (χ0n) is 16.6. The number of benzene rings is 1. The summed E-state index contributed by atoms with van der Waals surface area (Å²) >= 11 is 0. The van der Waals surface area contributed by atoms with Crippen molar-refractivity contribution in [2.75, 3.05) is 6.54 Å². The van der Waals surface area contributed by atoms with E-state index in [1.165, 1.54) is 6.20 Å². The van der Waals surface area contributed by atoms with Gasteiger partial charge in [0.05, 0.1) is 6.20 Å². The first kappa shape index (κ1) is 19.6. The highest BCUT2D eigenvalue weighted by atomic mass is 16.2. The summed E-state index contributed by atoms with van der Waals surface area (Å²) < 4.78 is 1.69. The molecule has 3 rings (SSSR count). The topological polar surface area (TPSA) is 74.3 Å². The minimum Gasteiger partial charge on any atom is -0.338 e. The van der Waals surface area contributed by atoms with Gasteiger partial charge in [0.2, 0.25) is 5.91 Å². The van der Waals surface area contributed by atoms with Gasteiger partial charge >= 0.3 is 0 Å². The number of hydrogen-bond donors (Lipinski definition) is 0. The SMILES string of the molecule is CCCN(Cc1ccccc1)C(=O)CCc1c(C)nc2c(C#N)cnn2c1C. The molecule has 0 aliphatic carbocycles. The Labute approximate surface area is 165 Å². The molecular formula is C22H25N5O. The second-order valence-electron chi connectivity index (χ2n) is 6.97. The monoisotopic (exact) mass is 375 g/mol. The number of amides is 1. The summed E-state index contributed by atoms with van der Waals surface area (Å²) in [5, 5.41) is 13.5. The molecule has 0 aliphatic rings. The van der Waals surface area contributed by atoms with Gasteiger partial charge in [-0.1, -0.05) is 37.3 Å². The molecule has 6 nitrogen and oxygen atoms in total. The van der Waals surface area contributed by atoms with Gasteiger partial charge in [0.15, 0.2) is 5.65 Å². The van der Waals surface area contributed by atoms with Gasteiger partial charge < -0.3 is 4.90 Å². The van der Waals surface area contributed by atoms with Gasteiger partial charge in [0.1, 0.15) is 11.6 Å². The predicted octanol–water partition coefficient (Wildman–Crippen LogP) is 3.59. The van der Waals surface area contributed by atoms with Crippen LogP contribution in [0.4, 0.5) is 0 Å². The number of hydrogen-bond acceptors (Lipinski definition) is 4. The maximum atomic E-state index is 12.9. The minimum absolute atomic E-state index is 0.141. The first-order valence-corrected chi connectivity index (χ1v) is 9.60. The van der Waals surface area contributed by atoms with Gasteiger partial charge in [0.25, 0.3) is 0 Å². The molecule has 28 heavy (non-hydrogen) atoms. The third-order valence-electron chi connectivity index (χ3n) is 4.98. The summed E-state index contributed by atoms with van der Waals surface area (Å²) in [6, 6.07) is 12.2. The highest BCUT2D eigenvalue weighted by Gasteiger charge is 2.17. The molecule has 0 aliphatic heterocycles. The Balaban J connectivity index is 1.76. The molecule has 0 saturated heterocycles. The van der Waals surface area contributed by atoms with Gasteiger partial charge in [-0.2, -0.15) is 10.4 Å². The molecule has 0 spiro atoms. The zero-order chi connectivity index (χ0) is 20.1. The van der Waals surface area contributed by atoms with E-state index in [-0.39, 0.29) is 5.91 Å². The average molecular weight is 375 g/mol. The van der Waals surface area contributed by atoms with Crippen molar-refractivity contribution in [2.45, 2.75) is 46.6 Å². The van der Waals surface area contributed by atoms with E-state index in [1.807, 2.05) is 49.1 Å². The van der Waals surface area contributed by atoms with Crippen LogP contribution in [0, 0.1) is 25.2 Å². The molecule has 0 N–H and O–H groups in total. The van der Waals surface area contributed by atoms with Gasteiger partial charge in [-0.3, -0.25) is 4.79 Å². The van der Waals surface area contributed by atoms with Crippen molar-refractivity contribution in [3.8, 4) is 6.07 Å². The Bertz CT molecular complexity index is 1020. The number of aryl methyl sites for hydroxylation is 2. The Morgan fingerprint density at radius 1 is 1.25 bits per heavy atom. The number of carbonyl (C=O) groups is 1. The van der Waals surface area contributed by atoms with Crippen LogP contribution in [0.2, 0.25) is 0 Å². The highest BCUT2D eigenvalue weighted by Crippen LogP contribution is 2.19. The molecule has 1 aromatic carbocycles. The van der Waals surface area contributed by atoms with Crippen LogP contribution in [0.5, 0.6) is 0 Å². The van der Waals surface area contributed by atoms with Crippen LogP contribution < -0.4 is 0 Å². The van der Waals surface area contributed by atoms with Crippen LogP contribution in [0.3, 0.4) is 0 Å². The van der Waals surface area contributed by atoms with Crippen LogP contribution in [0.1, 0.15) is 47.8 Å². The van der Waals surface area contributed by atoms with Gasteiger partial charge in [-0.05, 0) is 37.8 Å². The fraction of sp³-hybridized carbons (Fsp3) is 0.364. The van der Waals surface area contributed by atoms with Crippen molar-refractivity contribution in [3.05, 3.63) is 64.6 Å². The molecular weight excluding hydrogens is 350 g/mol. The molecule has 3 aromatic rings. The van der Waals surface area contributed by atoms with Crippen LogP contribution in [0.25, 0.3) is 5.65 Å². The number of rotatable bonds is 7. The van der Waals surface area contributed by atoms with Crippen LogP contribution in [-0.2, 0) is 17.8 Å². The van der Waals surface area contributed by atoms with Crippen LogP contribution in [0.15, 0.2) is 36.5 Å². The lowest BCUT2D eigenvalue weighted by molar-refractivity contribution is -0.131. The van der Waals surface area contributed by atoms with Crippen molar-refractivity contribution >= 4 is 11.6 Å². The summed E-state index contributed by atoms with van der Waals surface area (Å²) in [4.78, 5) is 19.4. The summed E-state index contributed by atoms with van der Waals surface area (Å²) in [6.45, 7) is 7.35. The van der Waals surface area contributed by atoms with E-state index in [0.29, 0.717) is 30.6 Å². The number of fused-ring (bicyclic) bond motifs is 1. The van der Waals surface area contributed by atoms with E-state index < -0.39 is 0 Å². The molecule has 1 amide bonds. The van der Waals surface area contributed by atoms with E-state index in [9.17, 15) is 10.1 Å². The first-order valence-electron chi connectivity index (χ1n) is 9.60. The highest BCUT2D eigenvalue weighted by molar-refractivity contribution is 5.76. The molecule has 0 bridgehead atoms. The Hall–Kier alpha value is -3.20. The molecule has 2 heterocycles. The van der Waals surface area contributed by atoms with Gasteiger partial charge in [-0.25, -0.2) is 9.50 Å². The summed E-state index contributed by atoms with van der Waals surface area (Å²) in [5.41, 5.74) is 4.97. The van der Waals surface area contributed by atoms with Gasteiger partial charge in [-0.15, -0.1) is 0 Å². The number of carbonyl (C=O) groups excluding carboxylic acids is 1. The zero-order valence-corrected chi connectivity index (χ0v) is 16.6. The first-order chi connectivity index (χ1) is 13.5. The second kappa shape index (κ2) is 8.66. The normalized spacial score (nSPS) is 10.8. The van der Waals surface area contributed by atoms with Crippen molar-refractivity contribution in [3.63, 3.8) is 0 Å². The predicted molar refractivity (Wildman–Crippen MR) is 108 cm³/mol. The smallest absolute Gasteiger partial charge is 0.223 e. The van der Waals surface area contributed by atoms with E-state index in [1.54, 1.807) is 4.52 Å². The van der Waals surface area contributed by atoms with Crippen molar-refractivity contribution in [1.29, 1.82) is 5.26 Å². The lowest BCUT2D eigenvalue weighted by Crippen LogP contribution is -2.31. The number of aromatic nitrogens is 3. The standard InChI is InChI=1S/C22H25N5O/c1-4-12-26(15-18-8-6-5-7-9-18)21(28)11-10-20-16(2)25-22-19(13-23)14-24-27(22)17(20)3/h5-9,14H,4,10-12,15H2,1-3H3. The van der Waals surface area contributed by atoms with E-state index >= 15 is 0 Å². The van der Waals surface area contributed by atoms with Crippen molar-refractivity contribution in [1.82, 2.24) is 19.5 Å². The molecule has 0 unspecified atom stereocenters. The fourth-order valence-electron chi connectivity index (χ4n) is 3.51. The molecule has 0 saturated carbocycles. The molecule has 2 aromatic heterocycles. The third kappa shape index (κ3) is 4.04. The third-order valence-corrected chi connectivity index (χ3v) is 4.98. The maximum absolute atomic E-state index is 12.9. The van der Waals surface area contributed by atoms with Crippen molar-refractivity contribution < 1.29 is 4.79 Å². The maximum Gasteiger partial charge on any atom is 0.223 e.